The minimum Gasteiger partial charge on any atom is -0.394 e. The molecule has 0 atom stereocenters. The van der Waals surface area contributed by atoms with Crippen LogP contribution in [0.3, 0.4) is 0 Å². The fraction of sp³-hybridized carbons (Fsp3) is 0.500. The molecule has 0 saturated heterocycles. The number of hydrogen-bond acceptors (Lipinski definition) is 7. The van der Waals surface area contributed by atoms with E-state index in [0.717, 1.165) is 0 Å². The number of aliphatic hydroxyl groups is 2. The summed E-state index contributed by atoms with van der Waals surface area (Å²) in [5.74, 6) is 0. The zero-order valence-corrected chi connectivity index (χ0v) is 8.11. The van der Waals surface area contributed by atoms with E-state index in [4.69, 9.17) is 10.2 Å². The van der Waals surface area contributed by atoms with E-state index in [2.05, 4.69) is 35.5 Å². The van der Waals surface area contributed by atoms with Crippen molar-refractivity contribution in [2.45, 2.75) is 8.68 Å². The summed E-state index contributed by atoms with van der Waals surface area (Å²) in [6, 6.07) is 0. The third-order valence-electron chi connectivity index (χ3n) is 0.504. The molecule has 7 heteroatoms. The number of aromatic nitrogens is 2. The van der Waals surface area contributed by atoms with E-state index in [9.17, 15) is 0 Å². The largest absolute Gasteiger partial charge is 0.394 e. The highest BCUT2D eigenvalue weighted by molar-refractivity contribution is 7.85. The molecular formula is C4H8N2O2S3. The summed E-state index contributed by atoms with van der Waals surface area (Å²) < 4.78 is 1.31. The van der Waals surface area contributed by atoms with Crippen molar-refractivity contribution in [1.29, 1.82) is 0 Å². The van der Waals surface area contributed by atoms with Crippen LogP contribution < -0.4 is 0 Å². The molecule has 1 aromatic rings. The molecular weight excluding hydrogens is 204 g/mol. The van der Waals surface area contributed by atoms with Crippen molar-refractivity contribution in [2.75, 3.05) is 13.2 Å². The van der Waals surface area contributed by atoms with Gasteiger partial charge in [0.25, 0.3) is 0 Å². The van der Waals surface area contributed by atoms with Gasteiger partial charge in [-0.05, 0) is 0 Å². The average molecular weight is 212 g/mol. The minimum absolute atomic E-state index is 0.125. The summed E-state index contributed by atoms with van der Waals surface area (Å²) in [4.78, 5) is 0. The minimum atomic E-state index is -0.125. The maximum Gasteiger partial charge on any atom is 0.172 e. The number of thiol groups is 2. The first-order valence-corrected chi connectivity index (χ1v) is 4.35. The number of nitrogens with zero attached hydrogens (tertiary/aromatic N) is 2. The Hall–Kier alpha value is 0.180. The van der Waals surface area contributed by atoms with E-state index < -0.39 is 0 Å². The quantitative estimate of drug-likeness (QED) is 0.498. The van der Waals surface area contributed by atoms with Crippen molar-refractivity contribution < 1.29 is 10.2 Å². The third-order valence-corrected chi connectivity index (χ3v) is 1.76. The van der Waals surface area contributed by atoms with Crippen LogP contribution in [0.15, 0.2) is 8.68 Å². The summed E-state index contributed by atoms with van der Waals surface area (Å²) in [6.45, 7) is -0.250. The van der Waals surface area contributed by atoms with Crippen LogP contribution in [0.4, 0.5) is 0 Å². The topological polar surface area (TPSA) is 66.2 Å². The Kier molecular flexibility index (Phi) is 6.98. The van der Waals surface area contributed by atoms with Crippen LogP contribution in [0.5, 0.6) is 0 Å². The molecule has 2 N–H and O–H groups in total. The van der Waals surface area contributed by atoms with Gasteiger partial charge in [-0.1, -0.05) is 11.3 Å². The van der Waals surface area contributed by atoms with Crippen LogP contribution >= 0.6 is 36.6 Å². The molecule has 0 amide bonds. The summed E-state index contributed by atoms with van der Waals surface area (Å²) in [6.07, 6.45) is 0. The molecule has 0 aliphatic heterocycles. The molecule has 0 aromatic carbocycles. The van der Waals surface area contributed by atoms with Gasteiger partial charge in [-0.3, -0.25) is 0 Å². The highest BCUT2D eigenvalue weighted by Crippen LogP contribution is 2.14. The van der Waals surface area contributed by atoms with Gasteiger partial charge in [0, 0.05) is 0 Å². The SMILES string of the molecule is OCCO.Sc1nnc(S)s1. The summed E-state index contributed by atoms with van der Waals surface area (Å²) in [5.41, 5.74) is 0. The third kappa shape index (κ3) is 6.57. The van der Waals surface area contributed by atoms with Crippen molar-refractivity contribution in [3.05, 3.63) is 0 Å². The Morgan fingerprint density at radius 3 is 1.55 bits per heavy atom. The zero-order chi connectivity index (χ0) is 8.69. The lowest BCUT2D eigenvalue weighted by atomic mass is 10.8. The molecule has 1 aromatic heterocycles. The molecule has 0 aliphatic carbocycles. The maximum absolute atomic E-state index is 7.62. The summed E-state index contributed by atoms with van der Waals surface area (Å²) >= 11 is 9.15. The standard InChI is InChI=1S/C2H2N2S3.C2H6O2/c5-1-3-4-2(6)7-1;3-1-2-4/h(H,3,5)(H,4,6);3-4H,1-2H2. The molecule has 0 fully saturated rings. The molecule has 0 saturated carbocycles. The predicted molar refractivity (Wildman–Crippen MR) is 48.6 cm³/mol. The molecule has 0 spiro atoms. The normalized spacial score (nSPS) is 8.73. The van der Waals surface area contributed by atoms with E-state index in [0.29, 0.717) is 8.68 Å². The van der Waals surface area contributed by atoms with Gasteiger partial charge in [0.15, 0.2) is 8.68 Å². The van der Waals surface area contributed by atoms with E-state index >= 15 is 0 Å². The fourth-order valence-corrected chi connectivity index (χ4v) is 1.36. The number of aliphatic hydroxyl groups excluding tert-OH is 2. The zero-order valence-electron chi connectivity index (χ0n) is 5.51. The van der Waals surface area contributed by atoms with E-state index in [1.165, 1.54) is 11.3 Å². The van der Waals surface area contributed by atoms with Gasteiger partial charge >= 0.3 is 0 Å². The Balaban J connectivity index is 0.000000218. The molecule has 4 nitrogen and oxygen atoms in total. The van der Waals surface area contributed by atoms with Crippen LogP contribution in [0.25, 0.3) is 0 Å². The van der Waals surface area contributed by atoms with Gasteiger partial charge in [0.2, 0.25) is 0 Å². The van der Waals surface area contributed by atoms with Crippen LogP contribution in [-0.4, -0.2) is 33.6 Å². The van der Waals surface area contributed by atoms with Gasteiger partial charge < -0.3 is 10.2 Å². The van der Waals surface area contributed by atoms with Crippen LogP contribution in [-0.2, 0) is 0 Å². The lowest BCUT2D eigenvalue weighted by Gasteiger charge is -1.70. The fourth-order valence-electron chi connectivity index (χ4n) is 0.208. The molecule has 11 heavy (non-hydrogen) atoms. The summed E-state index contributed by atoms with van der Waals surface area (Å²) in [7, 11) is 0. The van der Waals surface area contributed by atoms with E-state index in [1.54, 1.807) is 0 Å². The Bertz CT molecular complexity index is 175. The molecule has 1 heterocycles. The highest BCUT2D eigenvalue weighted by atomic mass is 32.2. The molecule has 0 aliphatic rings. The van der Waals surface area contributed by atoms with Crippen molar-refractivity contribution in [3.63, 3.8) is 0 Å². The van der Waals surface area contributed by atoms with Crippen LogP contribution in [0, 0.1) is 0 Å². The molecule has 0 bridgehead atoms. The Labute approximate surface area is 79.1 Å². The molecule has 0 radical (unpaired) electrons. The van der Waals surface area contributed by atoms with Crippen molar-refractivity contribution in [1.82, 2.24) is 10.2 Å². The second kappa shape index (κ2) is 6.86. The van der Waals surface area contributed by atoms with Gasteiger partial charge in [-0.2, -0.15) is 0 Å². The lowest BCUT2D eigenvalue weighted by molar-refractivity contribution is 0.186. The van der Waals surface area contributed by atoms with Crippen LogP contribution in [0.1, 0.15) is 0 Å². The first-order chi connectivity index (χ1) is 5.20. The first-order valence-electron chi connectivity index (χ1n) is 2.64. The number of rotatable bonds is 1. The average Bonchev–Trinajstić information content (AvgIpc) is 2.35. The molecule has 64 valence electrons. The second-order valence-corrected chi connectivity index (χ2v) is 3.74. The van der Waals surface area contributed by atoms with Gasteiger partial charge in [-0.25, -0.2) is 0 Å². The molecule has 1 rings (SSSR count). The highest BCUT2D eigenvalue weighted by Gasteiger charge is 1.90. The smallest absolute Gasteiger partial charge is 0.172 e. The van der Waals surface area contributed by atoms with Gasteiger partial charge in [0.05, 0.1) is 13.2 Å². The van der Waals surface area contributed by atoms with Gasteiger partial charge in [-0.15, -0.1) is 35.5 Å². The van der Waals surface area contributed by atoms with E-state index in [-0.39, 0.29) is 13.2 Å². The second-order valence-electron chi connectivity index (χ2n) is 1.31. The van der Waals surface area contributed by atoms with Crippen molar-refractivity contribution in [2.24, 2.45) is 0 Å². The Morgan fingerprint density at radius 1 is 1.09 bits per heavy atom. The van der Waals surface area contributed by atoms with Crippen LogP contribution in [0.2, 0.25) is 0 Å². The van der Waals surface area contributed by atoms with Gasteiger partial charge in [0.1, 0.15) is 0 Å². The maximum atomic E-state index is 7.62. The monoisotopic (exact) mass is 212 g/mol. The lowest BCUT2D eigenvalue weighted by Crippen LogP contribution is -1.85. The Morgan fingerprint density at radius 2 is 1.45 bits per heavy atom. The number of hydrogen-bond donors (Lipinski definition) is 4. The van der Waals surface area contributed by atoms with E-state index in [1.807, 2.05) is 0 Å². The summed E-state index contributed by atoms with van der Waals surface area (Å²) in [5, 5.41) is 22.4. The first kappa shape index (κ1) is 11.2. The molecule has 0 unspecified atom stereocenters. The van der Waals surface area contributed by atoms with Crippen molar-refractivity contribution in [3.8, 4) is 0 Å². The van der Waals surface area contributed by atoms with Crippen molar-refractivity contribution >= 4 is 36.6 Å². The predicted octanol–water partition coefficient (Wildman–Crippen LogP) is 0.0865.